The Morgan fingerprint density at radius 3 is 2.16 bits per heavy atom. The number of allylic oxidation sites excluding steroid dienone is 3. The number of unbranched alkanes of at least 4 members (excludes halogenated alkanes) is 1. The Labute approximate surface area is 376 Å². The smallest absolute Gasteiger partial charge is 0.321 e. The SMILES string of the molecule is C=Cc1c2[nH]c(c1C)/C=C1\N/C(=C3\c4[nH]c(c(C)c4C(=O)[C@@H]3C(=O)OC)/C=c3\[nH]/c(c(C)c3CC)=C\2)[C@@H](CCC(=O)OC/C=C/CCC[C@H](C)CCC[C@H](C)CCCC(C)C)[C@@H]1C. The molecule has 0 unspecified atom stereocenters. The predicted molar refractivity (Wildman–Crippen MR) is 257 cm³/mol. The van der Waals surface area contributed by atoms with Gasteiger partial charge in [0.05, 0.1) is 12.8 Å². The Hall–Kier alpha value is -5.05. The van der Waals surface area contributed by atoms with Crippen LogP contribution in [0.2, 0.25) is 0 Å². The molecule has 63 heavy (non-hydrogen) atoms. The van der Waals surface area contributed by atoms with Gasteiger partial charge in [-0.25, -0.2) is 0 Å². The van der Waals surface area contributed by atoms with Crippen molar-refractivity contribution in [3.05, 3.63) is 97.0 Å². The molecule has 4 N–H and O–H groups in total. The number of aromatic nitrogens is 3. The van der Waals surface area contributed by atoms with Crippen molar-refractivity contribution in [3.8, 4) is 0 Å². The Morgan fingerprint density at radius 1 is 0.825 bits per heavy atom. The van der Waals surface area contributed by atoms with Crippen molar-refractivity contribution in [2.45, 2.75) is 139 Å². The second-order valence-corrected chi connectivity index (χ2v) is 19.2. The molecule has 1 aliphatic carbocycles. The average molecular weight is 859 g/mol. The van der Waals surface area contributed by atoms with E-state index < -0.39 is 11.9 Å². The number of nitrogens with one attached hydrogen (secondary N) is 4. The number of ether oxygens (including phenoxy) is 2. The standard InChI is InChI=1S/C54H74N4O5/c1-12-38-34(7)41-28-43-36(9)40(25-26-47(59)63-27-17-15-14-16-21-32(5)23-19-24-33(6)22-18-20-31(3)4)51(57-43)49-50(54(61)62-11)53(60)48-37(10)44(58-52(48)49)30-46-39(13-2)35(8)42(56-46)29-45(38)55-41/h12,15,17,28-33,36,40,50,55-58H,1,13-14,16,18-27H2,2-11H3/b17-15+,42-29-,43-28-,46-30-,51-49-/t32-,33+,36-,40-,50+/m0/s1. The van der Waals surface area contributed by atoms with E-state index in [-0.39, 0.29) is 36.6 Å². The van der Waals surface area contributed by atoms with E-state index in [1.807, 2.05) is 19.1 Å². The molecule has 9 heteroatoms. The number of hydrogen-bond donors (Lipinski definition) is 4. The Bertz CT molecular complexity index is 2400. The molecule has 3 aromatic heterocycles. The fourth-order valence-electron chi connectivity index (χ4n) is 10.2. The van der Waals surface area contributed by atoms with Gasteiger partial charge in [0, 0.05) is 74.1 Å². The van der Waals surface area contributed by atoms with Gasteiger partial charge in [0.25, 0.3) is 0 Å². The molecule has 0 radical (unpaired) electrons. The molecule has 3 aliphatic rings. The molecular weight excluding hydrogens is 785 g/mol. The van der Waals surface area contributed by atoms with E-state index in [0.29, 0.717) is 23.3 Å². The lowest BCUT2D eigenvalue weighted by molar-refractivity contribution is -0.143. The van der Waals surface area contributed by atoms with Gasteiger partial charge in [0.2, 0.25) is 0 Å². The third-order valence-electron chi connectivity index (χ3n) is 14.2. The highest BCUT2D eigenvalue weighted by molar-refractivity contribution is 6.24. The number of ketones is 1. The molecule has 0 saturated carbocycles. The van der Waals surface area contributed by atoms with Crippen molar-refractivity contribution in [3.63, 3.8) is 0 Å². The summed E-state index contributed by atoms with van der Waals surface area (Å²) in [7, 11) is 1.32. The van der Waals surface area contributed by atoms with Gasteiger partial charge in [-0.05, 0) is 105 Å². The summed E-state index contributed by atoms with van der Waals surface area (Å²) in [4.78, 5) is 52.2. The number of H-pyrrole nitrogens is 3. The quantitative estimate of drug-likeness (QED) is 0.0388. The van der Waals surface area contributed by atoms with Crippen molar-refractivity contribution in [1.29, 1.82) is 0 Å². The molecule has 9 nitrogen and oxygen atoms in total. The minimum Gasteiger partial charge on any atom is -0.468 e. The topological polar surface area (TPSA) is 129 Å². The first-order valence-corrected chi connectivity index (χ1v) is 23.8. The average Bonchev–Trinajstić information content (AvgIpc) is 3.99. The highest BCUT2D eigenvalue weighted by Gasteiger charge is 2.48. The minimum atomic E-state index is -1.14. The third kappa shape index (κ3) is 10.5. The highest BCUT2D eigenvalue weighted by atomic mass is 16.5. The summed E-state index contributed by atoms with van der Waals surface area (Å²) in [6.07, 6.45) is 25.1. The first-order valence-electron chi connectivity index (χ1n) is 23.8. The van der Waals surface area contributed by atoms with Crippen LogP contribution in [-0.2, 0) is 25.5 Å². The molecule has 0 amide bonds. The zero-order chi connectivity index (χ0) is 45.5. The van der Waals surface area contributed by atoms with E-state index in [2.05, 4.69) is 107 Å². The summed E-state index contributed by atoms with van der Waals surface area (Å²) in [5.41, 5.74) is 11.2. The number of esters is 2. The van der Waals surface area contributed by atoms with E-state index in [0.717, 1.165) is 98.4 Å². The van der Waals surface area contributed by atoms with Gasteiger partial charge in [-0.1, -0.05) is 111 Å². The van der Waals surface area contributed by atoms with Gasteiger partial charge in [0.15, 0.2) is 5.78 Å². The fourth-order valence-corrected chi connectivity index (χ4v) is 10.2. The number of aromatic amines is 3. The molecule has 1 saturated heterocycles. The summed E-state index contributed by atoms with van der Waals surface area (Å²) < 4.78 is 11.0. The van der Waals surface area contributed by atoms with E-state index in [9.17, 15) is 14.4 Å². The minimum absolute atomic E-state index is 0.0851. The molecule has 1 fully saturated rings. The number of hydrogen-bond acceptors (Lipinski definition) is 6. The van der Waals surface area contributed by atoms with Gasteiger partial charge in [-0.15, -0.1) is 0 Å². The van der Waals surface area contributed by atoms with Crippen molar-refractivity contribution < 1.29 is 23.9 Å². The van der Waals surface area contributed by atoms with E-state index in [1.165, 1.54) is 57.6 Å². The maximum atomic E-state index is 14.4. The van der Waals surface area contributed by atoms with E-state index in [4.69, 9.17) is 9.47 Å². The molecule has 6 rings (SSSR count). The Kier molecular flexibility index (Phi) is 15.9. The zero-order valence-electron chi connectivity index (χ0n) is 39.9. The zero-order valence-corrected chi connectivity index (χ0v) is 39.9. The molecule has 340 valence electrons. The Morgan fingerprint density at radius 2 is 1.49 bits per heavy atom. The van der Waals surface area contributed by atoms with Crippen LogP contribution >= 0.6 is 0 Å². The summed E-state index contributed by atoms with van der Waals surface area (Å²) in [6, 6.07) is 0. The number of carbonyl (C=O) groups is 3. The third-order valence-corrected chi connectivity index (χ3v) is 14.2. The van der Waals surface area contributed by atoms with Crippen molar-refractivity contribution in [2.24, 2.45) is 35.5 Å². The first kappa shape index (κ1) is 47.4. The van der Waals surface area contributed by atoms with E-state index in [1.54, 1.807) is 0 Å². The molecule has 5 heterocycles. The van der Waals surface area contributed by atoms with Crippen LogP contribution in [0.25, 0.3) is 29.9 Å². The largest absolute Gasteiger partial charge is 0.468 e. The molecule has 0 spiro atoms. The maximum Gasteiger partial charge on any atom is 0.321 e. The normalized spacial score (nSPS) is 22.0. The maximum absolute atomic E-state index is 14.4. The van der Waals surface area contributed by atoms with Gasteiger partial charge >= 0.3 is 11.9 Å². The molecule has 8 bridgehead atoms. The number of carbonyl (C=O) groups excluding carboxylic acids is 3. The van der Waals surface area contributed by atoms with Crippen LogP contribution in [0.1, 0.15) is 173 Å². The molecule has 2 aliphatic heterocycles. The van der Waals surface area contributed by atoms with Gasteiger partial charge in [-0.3, -0.25) is 14.4 Å². The number of fused-ring (bicyclic) bond motifs is 7. The van der Waals surface area contributed by atoms with Crippen molar-refractivity contribution in [2.75, 3.05) is 13.7 Å². The fraction of sp³-hybridized carbons (Fsp3) is 0.537. The van der Waals surface area contributed by atoms with Gasteiger partial charge < -0.3 is 29.7 Å². The van der Waals surface area contributed by atoms with Gasteiger partial charge in [0.1, 0.15) is 12.5 Å². The highest BCUT2D eigenvalue weighted by Crippen LogP contribution is 2.48. The second-order valence-electron chi connectivity index (χ2n) is 19.2. The van der Waals surface area contributed by atoms with Crippen LogP contribution in [0, 0.1) is 56.3 Å². The van der Waals surface area contributed by atoms with Crippen LogP contribution in [-0.4, -0.2) is 46.4 Å². The summed E-state index contributed by atoms with van der Waals surface area (Å²) in [5, 5.41) is 5.65. The number of methoxy groups -OCH3 is 1. The lowest BCUT2D eigenvalue weighted by Crippen LogP contribution is -2.25. The molecule has 5 atom stereocenters. The van der Waals surface area contributed by atoms with Crippen LogP contribution in [0.15, 0.2) is 30.1 Å². The van der Waals surface area contributed by atoms with Crippen LogP contribution in [0.5, 0.6) is 0 Å². The monoisotopic (exact) mass is 859 g/mol. The van der Waals surface area contributed by atoms with Crippen molar-refractivity contribution in [1.82, 2.24) is 20.3 Å². The summed E-state index contributed by atoms with van der Waals surface area (Å²) >= 11 is 0. The van der Waals surface area contributed by atoms with Crippen LogP contribution < -0.4 is 16.0 Å². The van der Waals surface area contributed by atoms with Crippen molar-refractivity contribution >= 4 is 47.6 Å². The number of rotatable bonds is 20. The molecular formula is C54H74N4O5. The van der Waals surface area contributed by atoms with Crippen LogP contribution in [0.4, 0.5) is 0 Å². The Balaban J connectivity index is 1.20. The van der Waals surface area contributed by atoms with Gasteiger partial charge in [-0.2, -0.15) is 0 Å². The lowest BCUT2D eigenvalue weighted by Gasteiger charge is -2.19. The van der Waals surface area contributed by atoms with Crippen LogP contribution in [0.3, 0.4) is 0 Å². The van der Waals surface area contributed by atoms with E-state index >= 15 is 0 Å². The second kappa shape index (κ2) is 21.1. The predicted octanol–water partition coefficient (Wildman–Crippen LogP) is 10.7. The first-order chi connectivity index (χ1) is 30.2. The summed E-state index contributed by atoms with van der Waals surface area (Å²) in [6.45, 7) is 24.2. The lowest BCUT2D eigenvalue weighted by atomic mass is 9.85. The molecule has 3 aromatic rings. The molecule has 0 aromatic carbocycles. The number of Topliss-reactive ketones (excluding diaryl/α,β-unsaturated/α-hetero) is 1. The summed E-state index contributed by atoms with van der Waals surface area (Å²) in [5.74, 6) is -0.263.